The highest BCUT2D eigenvalue weighted by Crippen LogP contribution is 2.38. The van der Waals surface area contributed by atoms with Crippen LogP contribution in [0.4, 0.5) is 10.5 Å². The van der Waals surface area contributed by atoms with E-state index in [9.17, 15) is 9.59 Å². The molecule has 1 saturated heterocycles. The number of aliphatic imine (C=N–C) groups is 1. The molecule has 1 fully saturated rings. The summed E-state index contributed by atoms with van der Waals surface area (Å²) in [5.74, 6) is 0.323. The maximum absolute atomic E-state index is 12.6. The zero-order chi connectivity index (χ0) is 20.1. The first-order valence-corrected chi connectivity index (χ1v) is 9.68. The van der Waals surface area contributed by atoms with Gasteiger partial charge in [0.1, 0.15) is 0 Å². The number of rotatable bonds is 3. The maximum atomic E-state index is 12.6. The van der Waals surface area contributed by atoms with Crippen LogP contribution in [0.5, 0.6) is 0 Å². The van der Waals surface area contributed by atoms with E-state index in [4.69, 9.17) is 4.99 Å². The molecule has 2 atom stereocenters. The van der Waals surface area contributed by atoms with E-state index in [1.165, 1.54) is 10.5 Å². The average molecular weight is 387 g/mol. The van der Waals surface area contributed by atoms with Gasteiger partial charge in [-0.15, -0.1) is 0 Å². The number of imide groups is 1. The molecule has 3 aliphatic rings. The summed E-state index contributed by atoms with van der Waals surface area (Å²) >= 11 is 0. The molecule has 2 aromatic carbocycles. The molecule has 0 bridgehead atoms. The third-order valence-corrected chi connectivity index (χ3v) is 5.65. The van der Waals surface area contributed by atoms with Gasteiger partial charge in [-0.1, -0.05) is 49.4 Å². The fourth-order valence-electron chi connectivity index (χ4n) is 4.03. The van der Waals surface area contributed by atoms with Crippen LogP contribution >= 0.6 is 0 Å². The summed E-state index contributed by atoms with van der Waals surface area (Å²) in [6, 6.07) is 17.4. The third-order valence-electron chi connectivity index (χ3n) is 5.65. The molecule has 0 aliphatic carbocycles. The number of guanidine groups is 1. The number of likely N-dealkylation sites (N-methyl/N-ethyl adjacent to an activating group) is 1. The van der Waals surface area contributed by atoms with Gasteiger partial charge in [0.2, 0.25) is 5.96 Å². The molecule has 3 heterocycles. The number of hydrogen-bond donors (Lipinski definition) is 1. The zero-order valence-electron chi connectivity index (χ0n) is 16.2. The van der Waals surface area contributed by atoms with Crippen molar-refractivity contribution in [1.29, 1.82) is 0 Å². The Labute approximate surface area is 168 Å². The van der Waals surface area contributed by atoms with Crippen molar-refractivity contribution in [3.05, 3.63) is 71.9 Å². The molecule has 2 aromatic rings. The molecule has 2 unspecified atom stereocenters. The van der Waals surface area contributed by atoms with Crippen molar-refractivity contribution in [2.75, 3.05) is 11.9 Å². The Morgan fingerprint density at radius 2 is 1.76 bits per heavy atom. The number of nitrogens with one attached hydrogen (secondary N) is 1. The normalized spacial score (nSPS) is 22.9. The van der Waals surface area contributed by atoms with Crippen LogP contribution in [-0.4, -0.2) is 47.0 Å². The fraction of sp³-hybridized carbons (Fsp3) is 0.227. The van der Waals surface area contributed by atoms with Crippen molar-refractivity contribution >= 4 is 29.3 Å². The highest BCUT2D eigenvalue weighted by Gasteiger charge is 2.52. The van der Waals surface area contributed by atoms with Crippen molar-refractivity contribution < 1.29 is 9.59 Å². The van der Waals surface area contributed by atoms with Gasteiger partial charge in [-0.2, -0.15) is 0 Å². The largest absolute Gasteiger partial charge is 0.325 e. The number of nitrogens with zero attached hydrogens (tertiary/aromatic N) is 4. The quantitative estimate of drug-likeness (QED) is 0.879. The highest BCUT2D eigenvalue weighted by molar-refractivity contribution is 6.16. The second-order valence-electron chi connectivity index (χ2n) is 7.34. The van der Waals surface area contributed by atoms with E-state index >= 15 is 0 Å². The lowest BCUT2D eigenvalue weighted by Crippen LogP contribution is -2.62. The number of fused-ring (bicyclic) bond motifs is 3. The monoisotopic (exact) mass is 387 g/mol. The Balaban J connectivity index is 1.63. The lowest BCUT2D eigenvalue weighted by Gasteiger charge is -2.34. The number of hydrogen-bond acceptors (Lipinski definition) is 5. The summed E-state index contributed by atoms with van der Waals surface area (Å²) in [4.78, 5) is 34.9. The smallest absolute Gasteiger partial charge is 0.303 e. The molecule has 0 aromatic heterocycles. The summed E-state index contributed by atoms with van der Waals surface area (Å²) < 4.78 is 0. The van der Waals surface area contributed by atoms with Crippen molar-refractivity contribution in [3.63, 3.8) is 0 Å². The molecule has 1 N–H and O–H groups in total. The molecule has 29 heavy (non-hydrogen) atoms. The summed E-state index contributed by atoms with van der Waals surface area (Å²) in [7, 11) is 1.66. The summed E-state index contributed by atoms with van der Waals surface area (Å²) in [6.07, 6.45) is 2.37. The highest BCUT2D eigenvalue weighted by atomic mass is 16.2. The van der Waals surface area contributed by atoms with Gasteiger partial charge in [0.15, 0.2) is 12.2 Å². The Hall–Kier alpha value is -3.61. The Morgan fingerprint density at radius 1 is 1.03 bits per heavy atom. The predicted molar refractivity (Wildman–Crippen MR) is 111 cm³/mol. The summed E-state index contributed by atoms with van der Waals surface area (Å²) in [6.45, 7) is 2.12. The van der Waals surface area contributed by atoms with E-state index in [0.29, 0.717) is 5.96 Å². The topological polar surface area (TPSA) is 68.2 Å². The van der Waals surface area contributed by atoms with Crippen molar-refractivity contribution in [2.45, 2.75) is 25.6 Å². The second-order valence-corrected chi connectivity index (χ2v) is 7.34. The van der Waals surface area contributed by atoms with Crippen LogP contribution in [0.2, 0.25) is 0 Å². The van der Waals surface area contributed by atoms with Crippen LogP contribution in [0.25, 0.3) is 5.70 Å². The first-order valence-electron chi connectivity index (χ1n) is 9.68. The van der Waals surface area contributed by atoms with E-state index in [1.54, 1.807) is 7.05 Å². The van der Waals surface area contributed by atoms with Crippen molar-refractivity contribution in [3.8, 4) is 0 Å². The lowest BCUT2D eigenvalue weighted by atomic mass is 10.1. The van der Waals surface area contributed by atoms with Gasteiger partial charge in [-0.3, -0.25) is 19.9 Å². The average Bonchev–Trinajstić information content (AvgIpc) is 3.29. The van der Waals surface area contributed by atoms with E-state index in [1.807, 2.05) is 41.4 Å². The minimum Gasteiger partial charge on any atom is -0.303 e. The Bertz CT molecular complexity index is 1040. The van der Waals surface area contributed by atoms with E-state index in [-0.39, 0.29) is 5.91 Å². The molecule has 3 amide bonds. The summed E-state index contributed by atoms with van der Waals surface area (Å²) in [5.41, 5.74) is 4.19. The molecule has 146 valence electrons. The molecule has 0 spiro atoms. The van der Waals surface area contributed by atoms with Gasteiger partial charge in [-0.05, 0) is 24.1 Å². The van der Waals surface area contributed by atoms with Gasteiger partial charge in [-0.25, -0.2) is 9.79 Å². The Kier molecular flexibility index (Phi) is 3.91. The van der Waals surface area contributed by atoms with Crippen LogP contribution in [-0.2, 0) is 11.2 Å². The zero-order valence-corrected chi connectivity index (χ0v) is 16.2. The van der Waals surface area contributed by atoms with E-state index in [2.05, 4.69) is 41.4 Å². The van der Waals surface area contributed by atoms with Crippen LogP contribution in [0.1, 0.15) is 18.1 Å². The van der Waals surface area contributed by atoms with E-state index < -0.39 is 18.2 Å². The van der Waals surface area contributed by atoms with Crippen molar-refractivity contribution in [2.24, 2.45) is 4.99 Å². The van der Waals surface area contributed by atoms with Gasteiger partial charge in [0, 0.05) is 24.5 Å². The van der Waals surface area contributed by atoms with Crippen molar-refractivity contribution in [1.82, 2.24) is 15.1 Å². The second kappa shape index (κ2) is 6.48. The van der Waals surface area contributed by atoms with Gasteiger partial charge < -0.3 is 4.90 Å². The Morgan fingerprint density at radius 3 is 2.45 bits per heavy atom. The number of carbonyl (C=O) groups excluding carboxylic acids is 2. The molecule has 5 rings (SSSR count). The van der Waals surface area contributed by atoms with Crippen LogP contribution in [0.15, 0.2) is 65.8 Å². The van der Waals surface area contributed by atoms with Crippen LogP contribution in [0, 0.1) is 0 Å². The van der Waals surface area contributed by atoms with E-state index in [0.717, 1.165) is 23.4 Å². The number of carbonyl (C=O) groups is 2. The number of anilines is 1. The maximum Gasteiger partial charge on any atom is 0.325 e. The number of urea groups is 1. The van der Waals surface area contributed by atoms with Gasteiger partial charge in [0.25, 0.3) is 5.91 Å². The number of benzene rings is 2. The predicted octanol–water partition coefficient (Wildman–Crippen LogP) is 2.62. The molecule has 0 saturated carbocycles. The van der Waals surface area contributed by atoms with Gasteiger partial charge in [0.05, 0.1) is 5.70 Å². The molecular formula is C22H21N5O2. The molecular weight excluding hydrogens is 366 g/mol. The minimum atomic E-state index is -0.577. The molecule has 0 radical (unpaired) electrons. The lowest BCUT2D eigenvalue weighted by molar-refractivity contribution is -0.126. The first kappa shape index (κ1) is 17.5. The van der Waals surface area contributed by atoms with Crippen LogP contribution < -0.4 is 10.2 Å². The van der Waals surface area contributed by atoms with Gasteiger partial charge >= 0.3 is 6.03 Å². The van der Waals surface area contributed by atoms with Crippen LogP contribution in [0.3, 0.4) is 0 Å². The summed E-state index contributed by atoms with van der Waals surface area (Å²) in [5, 5.41) is 2.42. The number of amides is 3. The molecule has 7 nitrogen and oxygen atoms in total. The SMILES string of the molecule is CCc1ccc(N2C(c3ccccc3)=CN3C2=NC2C3C(=O)NC(=O)N2C)cc1. The molecule has 7 heteroatoms. The standard InChI is InChI=1S/C22H21N5O2/c1-3-14-9-11-16(12-10-14)27-17(15-7-5-4-6-8-15)13-26-18-19(23-21(26)27)25(2)22(29)24-20(18)28/h4-13,18-19H,3H2,1-2H3,(H,24,28,29). The first-order chi connectivity index (χ1) is 14.1. The fourth-order valence-corrected chi connectivity index (χ4v) is 4.03. The molecule has 3 aliphatic heterocycles. The minimum absolute atomic E-state index is 0.330. The number of aryl methyl sites for hydroxylation is 1. The third kappa shape index (κ3) is 2.61.